The van der Waals surface area contributed by atoms with Gasteiger partial charge in [0.05, 0.1) is 10.9 Å². The summed E-state index contributed by atoms with van der Waals surface area (Å²) in [5.74, 6) is 2.63. The van der Waals surface area contributed by atoms with Crippen LogP contribution in [-0.4, -0.2) is 56.7 Å². The Hall–Kier alpha value is -4.24. The Morgan fingerprint density at radius 1 is 1.03 bits per heavy atom. The van der Waals surface area contributed by atoms with Crippen molar-refractivity contribution in [3.63, 3.8) is 0 Å². The smallest absolute Gasteiger partial charge is 0.149 e. The number of fused-ring (bicyclic) bond motifs is 2. The molecule has 9 heteroatoms. The number of anilines is 2. The SMILES string of the molecule is Cc1cc(Nc2ncnc3cccc(O[C@@H]4CCN(C)C[C@@H]4F)c23)ccc1Oc1ccn2ccnc2c1. The van der Waals surface area contributed by atoms with Crippen molar-refractivity contribution in [2.45, 2.75) is 25.6 Å². The van der Waals surface area contributed by atoms with Crippen molar-refractivity contribution < 1.29 is 13.9 Å². The Balaban J connectivity index is 1.25. The zero-order valence-electron chi connectivity index (χ0n) is 20.6. The van der Waals surface area contributed by atoms with Crippen molar-refractivity contribution >= 4 is 28.1 Å². The number of likely N-dealkylation sites (tertiary alicyclic amines) is 1. The van der Waals surface area contributed by atoms with E-state index >= 15 is 0 Å². The van der Waals surface area contributed by atoms with Crippen molar-refractivity contribution in [2.75, 3.05) is 25.5 Å². The van der Waals surface area contributed by atoms with Gasteiger partial charge in [-0.05, 0) is 62.4 Å². The predicted molar refractivity (Wildman–Crippen MR) is 141 cm³/mol. The van der Waals surface area contributed by atoms with E-state index in [2.05, 4.69) is 20.3 Å². The van der Waals surface area contributed by atoms with Gasteiger partial charge < -0.3 is 24.1 Å². The number of aryl methyl sites for hydroxylation is 1. The molecule has 3 aromatic heterocycles. The molecule has 0 radical (unpaired) electrons. The number of ether oxygens (including phenoxy) is 2. The molecule has 6 rings (SSSR count). The van der Waals surface area contributed by atoms with Gasteiger partial charge in [-0.1, -0.05) is 6.07 Å². The van der Waals surface area contributed by atoms with E-state index in [-0.39, 0.29) is 0 Å². The van der Waals surface area contributed by atoms with Gasteiger partial charge in [-0.3, -0.25) is 0 Å². The van der Waals surface area contributed by atoms with Crippen molar-refractivity contribution in [2.24, 2.45) is 0 Å². The summed E-state index contributed by atoms with van der Waals surface area (Å²) >= 11 is 0. The normalized spacial score (nSPS) is 18.2. The molecule has 0 saturated carbocycles. The first-order chi connectivity index (χ1) is 18.0. The summed E-state index contributed by atoms with van der Waals surface area (Å²) in [5, 5.41) is 4.12. The number of alkyl halides is 1. The molecule has 0 bridgehead atoms. The molecule has 0 amide bonds. The molecule has 0 spiro atoms. The fraction of sp³-hybridized carbons (Fsp3) is 0.250. The van der Waals surface area contributed by atoms with Gasteiger partial charge in [0.25, 0.3) is 0 Å². The molecule has 0 unspecified atom stereocenters. The standard InChI is InChI=1S/C28H27FN6O2/c1-18-14-19(6-7-23(18)36-20-8-12-35-13-10-30-26(35)15-20)33-28-27-22(31-17-32-28)4-3-5-25(27)37-24-9-11-34(2)16-21(24)29/h3-8,10,12-15,17,21,24H,9,11,16H2,1-2H3,(H,31,32,33)/t21-,24+/m0/s1. The molecule has 1 aliphatic heterocycles. The molecule has 1 saturated heterocycles. The van der Waals surface area contributed by atoms with Crippen LogP contribution in [0.1, 0.15) is 12.0 Å². The largest absolute Gasteiger partial charge is 0.486 e. The second kappa shape index (κ2) is 9.67. The lowest BCUT2D eigenvalue weighted by Crippen LogP contribution is -2.45. The predicted octanol–water partition coefficient (Wildman–Crippen LogP) is 5.54. The minimum absolute atomic E-state index is 0.362. The number of rotatable bonds is 6. The van der Waals surface area contributed by atoms with Gasteiger partial charge in [0, 0.05) is 43.4 Å². The molecule has 188 valence electrons. The summed E-state index contributed by atoms with van der Waals surface area (Å²) < 4.78 is 28.9. The second-order valence-electron chi connectivity index (χ2n) is 9.36. The number of aromatic nitrogens is 4. The Bertz CT molecular complexity index is 1570. The highest BCUT2D eigenvalue weighted by Gasteiger charge is 2.30. The Labute approximate surface area is 213 Å². The Morgan fingerprint density at radius 3 is 2.81 bits per heavy atom. The van der Waals surface area contributed by atoms with E-state index < -0.39 is 12.3 Å². The number of nitrogens with one attached hydrogen (secondary N) is 1. The third-order valence-corrected chi connectivity index (χ3v) is 6.62. The number of halogens is 1. The number of piperidine rings is 1. The van der Waals surface area contributed by atoms with Crippen molar-refractivity contribution in [1.29, 1.82) is 0 Å². The average molecular weight is 499 g/mol. The van der Waals surface area contributed by atoms with E-state index in [4.69, 9.17) is 9.47 Å². The molecule has 4 heterocycles. The molecular formula is C28H27FN6O2. The van der Waals surface area contributed by atoms with Gasteiger partial charge in [0.1, 0.15) is 47.3 Å². The van der Waals surface area contributed by atoms with Crippen LogP contribution >= 0.6 is 0 Å². The maximum Gasteiger partial charge on any atom is 0.149 e. The van der Waals surface area contributed by atoms with Crippen LogP contribution in [0.3, 0.4) is 0 Å². The zero-order chi connectivity index (χ0) is 25.4. The van der Waals surface area contributed by atoms with Crippen molar-refractivity contribution in [3.8, 4) is 17.2 Å². The van der Waals surface area contributed by atoms with Gasteiger partial charge in [0.15, 0.2) is 0 Å². The molecule has 8 nitrogen and oxygen atoms in total. The maximum absolute atomic E-state index is 14.7. The van der Waals surface area contributed by atoms with Crippen molar-refractivity contribution in [3.05, 3.63) is 79.0 Å². The summed E-state index contributed by atoms with van der Waals surface area (Å²) in [5.41, 5.74) is 3.34. The summed E-state index contributed by atoms with van der Waals surface area (Å²) in [6.07, 6.45) is 6.13. The number of nitrogens with zero attached hydrogens (tertiary/aromatic N) is 5. The Kier molecular flexibility index (Phi) is 6.05. The third kappa shape index (κ3) is 4.77. The molecule has 5 aromatic rings. The van der Waals surface area contributed by atoms with Crippen LogP contribution < -0.4 is 14.8 Å². The van der Waals surface area contributed by atoms with Crippen LogP contribution in [0.5, 0.6) is 17.2 Å². The summed E-state index contributed by atoms with van der Waals surface area (Å²) in [6.45, 7) is 3.14. The number of benzene rings is 2. The molecule has 37 heavy (non-hydrogen) atoms. The minimum atomic E-state index is -1.06. The number of pyridine rings is 1. The first kappa shape index (κ1) is 23.2. The molecule has 2 aromatic carbocycles. The number of imidazole rings is 1. The van der Waals surface area contributed by atoms with Gasteiger partial charge in [-0.15, -0.1) is 0 Å². The second-order valence-corrected chi connectivity index (χ2v) is 9.36. The number of hydrogen-bond acceptors (Lipinski definition) is 7. The van der Waals surface area contributed by atoms with Gasteiger partial charge in [-0.2, -0.15) is 0 Å². The minimum Gasteiger partial charge on any atom is -0.486 e. The molecular weight excluding hydrogens is 471 g/mol. The summed E-state index contributed by atoms with van der Waals surface area (Å²) in [6, 6.07) is 15.3. The highest BCUT2D eigenvalue weighted by atomic mass is 19.1. The van der Waals surface area contributed by atoms with E-state index in [1.165, 1.54) is 6.33 Å². The van der Waals surface area contributed by atoms with Gasteiger partial charge in [-0.25, -0.2) is 19.3 Å². The quantitative estimate of drug-likeness (QED) is 0.329. The van der Waals surface area contributed by atoms with E-state index in [1.54, 1.807) is 6.20 Å². The summed E-state index contributed by atoms with van der Waals surface area (Å²) in [4.78, 5) is 15.2. The number of hydrogen-bond donors (Lipinski definition) is 1. The fourth-order valence-electron chi connectivity index (χ4n) is 4.66. The molecule has 2 atom stereocenters. The maximum atomic E-state index is 14.7. The molecule has 1 N–H and O–H groups in total. The van der Waals surface area contributed by atoms with E-state index in [9.17, 15) is 4.39 Å². The monoisotopic (exact) mass is 498 g/mol. The fourth-order valence-corrected chi connectivity index (χ4v) is 4.66. The van der Waals surface area contributed by atoms with E-state index in [0.717, 1.165) is 40.1 Å². The first-order valence-corrected chi connectivity index (χ1v) is 12.2. The van der Waals surface area contributed by atoms with Crippen LogP contribution in [0.15, 0.2) is 73.4 Å². The highest BCUT2D eigenvalue weighted by Crippen LogP contribution is 2.35. The average Bonchev–Trinajstić information content (AvgIpc) is 3.36. The summed E-state index contributed by atoms with van der Waals surface area (Å²) in [7, 11) is 1.92. The highest BCUT2D eigenvalue weighted by molar-refractivity contribution is 5.95. The lowest BCUT2D eigenvalue weighted by Gasteiger charge is -2.32. The molecule has 0 aliphatic carbocycles. The third-order valence-electron chi connectivity index (χ3n) is 6.62. The van der Waals surface area contributed by atoms with Crippen molar-refractivity contribution in [1.82, 2.24) is 24.3 Å². The van der Waals surface area contributed by atoms with E-state index in [0.29, 0.717) is 30.3 Å². The van der Waals surface area contributed by atoms with Gasteiger partial charge in [0.2, 0.25) is 0 Å². The van der Waals surface area contributed by atoms with Crippen LogP contribution in [0, 0.1) is 6.92 Å². The van der Waals surface area contributed by atoms with Crippen LogP contribution in [-0.2, 0) is 0 Å². The van der Waals surface area contributed by atoms with E-state index in [1.807, 2.05) is 84.2 Å². The van der Waals surface area contributed by atoms with Crippen LogP contribution in [0.4, 0.5) is 15.9 Å². The van der Waals surface area contributed by atoms with Crippen LogP contribution in [0.25, 0.3) is 16.6 Å². The topological polar surface area (TPSA) is 76.8 Å². The Morgan fingerprint density at radius 2 is 1.95 bits per heavy atom. The first-order valence-electron chi connectivity index (χ1n) is 12.2. The molecule has 1 fully saturated rings. The lowest BCUT2D eigenvalue weighted by molar-refractivity contribution is 0.0323. The van der Waals surface area contributed by atoms with Gasteiger partial charge >= 0.3 is 0 Å². The molecule has 1 aliphatic rings. The zero-order valence-corrected chi connectivity index (χ0v) is 20.6. The van der Waals surface area contributed by atoms with Crippen LogP contribution in [0.2, 0.25) is 0 Å². The lowest BCUT2D eigenvalue weighted by atomic mass is 10.1.